The van der Waals surface area contributed by atoms with Crippen molar-refractivity contribution in [3.8, 4) is 11.8 Å². The van der Waals surface area contributed by atoms with Gasteiger partial charge in [-0.1, -0.05) is 60.1 Å². The number of nitriles is 1. The number of carbonyl (C=O) groups excluding carboxylic acids is 1. The van der Waals surface area contributed by atoms with E-state index in [-0.39, 0.29) is 5.57 Å². The Kier molecular flexibility index (Phi) is 6.96. The fourth-order valence-corrected chi connectivity index (χ4v) is 3.86. The lowest BCUT2D eigenvalue weighted by atomic mass is 10.0. The molecule has 0 aliphatic carbocycles. The fourth-order valence-electron chi connectivity index (χ4n) is 3.65. The van der Waals surface area contributed by atoms with Gasteiger partial charge in [-0.15, -0.1) is 0 Å². The minimum absolute atomic E-state index is 0.0119. The van der Waals surface area contributed by atoms with E-state index in [0.29, 0.717) is 28.6 Å². The van der Waals surface area contributed by atoms with E-state index in [1.165, 1.54) is 0 Å². The molecule has 0 heterocycles. The van der Waals surface area contributed by atoms with Gasteiger partial charge >= 0.3 is 0 Å². The molecule has 5 heteroatoms. The van der Waals surface area contributed by atoms with Crippen molar-refractivity contribution in [2.75, 3.05) is 5.32 Å². The van der Waals surface area contributed by atoms with Crippen LogP contribution in [0.2, 0.25) is 5.02 Å². The Bertz CT molecular complexity index is 1450. The Morgan fingerprint density at radius 1 is 1.00 bits per heavy atom. The van der Waals surface area contributed by atoms with Crippen molar-refractivity contribution in [3.05, 3.63) is 112 Å². The molecule has 0 aromatic heterocycles. The summed E-state index contributed by atoms with van der Waals surface area (Å²) in [5, 5.41) is 15.1. The zero-order chi connectivity index (χ0) is 24.1. The summed E-state index contributed by atoms with van der Waals surface area (Å²) in [7, 11) is 0. The van der Waals surface area contributed by atoms with Gasteiger partial charge in [-0.25, -0.2) is 0 Å². The SMILES string of the molecule is Cc1ccc(NC(=O)/C(C#N)=C/c2c(OCc3cccc(Cl)c3)ccc3ccccc23)cc1C. The summed E-state index contributed by atoms with van der Waals surface area (Å²) in [5.74, 6) is 0.102. The molecule has 0 spiro atoms. The van der Waals surface area contributed by atoms with Crippen LogP contribution in [0.5, 0.6) is 5.75 Å². The van der Waals surface area contributed by atoms with Crippen LogP contribution in [0.3, 0.4) is 0 Å². The van der Waals surface area contributed by atoms with E-state index in [1.807, 2.05) is 98.8 Å². The van der Waals surface area contributed by atoms with Crippen molar-refractivity contribution in [1.29, 1.82) is 5.26 Å². The van der Waals surface area contributed by atoms with Crippen LogP contribution in [-0.4, -0.2) is 5.91 Å². The van der Waals surface area contributed by atoms with Crippen LogP contribution in [0.15, 0.2) is 84.4 Å². The van der Waals surface area contributed by atoms with Gasteiger partial charge in [0.2, 0.25) is 0 Å². The number of hydrogen-bond acceptors (Lipinski definition) is 3. The molecule has 4 aromatic carbocycles. The number of nitrogens with one attached hydrogen (secondary N) is 1. The highest BCUT2D eigenvalue weighted by atomic mass is 35.5. The number of ether oxygens (including phenoxy) is 1. The molecule has 4 aromatic rings. The highest BCUT2D eigenvalue weighted by Gasteiger charge is 2.14. The van der Waals surface area contributed by atoms with Gasteiger partial charge in [0.1, 0.15) is 24.0 Å². The van der Waals surface area contributed by atoms with E-state index in [0.717, 1.165) is 27.5 Å². The summed E-state index contributed by atoms with van der Waals surface area (Å²) in [6.45, 7) is 4.29. The van der Waals surface area contributed by atoms with Crippen molar-refractivity contribution in [3.63, 3.8) is 0 Å². The van der Waals surface area contributed by atoms with E-state index in [1.54, 1.807) is 6.08 Å². The Morgan fingerprint density at radius 3 is 2.59 bits per heavy atom. The van der Waals surface area contributed by atoms with Crippen LogP contribution in [0.25, 0.3) is 16.8 Å². The predicted octanol–water partition coefficient (Wildman–Crippen LogP) is 7.23. The number of halogens is 1. The molecule has 4 rings (SSSR count). The highest BCUT2D eigenvalue weighted by Crippen LogP contribution is 2.31. The van der Waals surface area contributed by atoms with Crippen LogP contribution < -0.4 is 10.1 Å². The highest BCUT2D eigenvalue weighted by molar-refractivity contribution is 6.30. The Morgan fingerprint density at radius 2 is 1.82 bits per heavy atom. The van der Waals surface area contributed by atoms with Gasteiger partial charge in [-0.05, 0) is 77.7 Å². The van der Waals surface area contributed by atoms with Gasteiger partial charge in [0.25, 0.3) is 5.91 Å². The number of amides is 1. The number of nitrogens with zero attached hydrogens (tertiary/aromatic N) is 1. The lowest BCUT2D eigenvalue weighted by Crippen LogP contribution is -2.13. The van der Waals surface area contributed by atoms with Crippen molar-refractivity contribution in [2.24, 2.45) is 0 Å². The average molecular weight is 467 g/mol. The number of anilines is 1. The van der Waals surface area contributed by atoms with Gasteiger partial charge in [-0.3, -0.25) is 4.79 Å². The third-order valence-electron chi connectivity index (χ3n) is 5.63. The molecular weight excluding hydrogens is 444 g/mol. The summed E-state index contributed by atoms with van der Waals surface area (Å²) >= 11 is 6.10. The largest absolute Gasteiger partial charge is 0.488 e. The molecule has 0 aliphatic rings. The van der Waals surface area contributed by atoms with E-state index in [9.17, 15) is 10.1 Å². The third-order valence-corrected chi connectivity index (χ3v) is 5.87. The first-order valence-electron chi connectivity index (χ1n) is 10.8. The second kappa shape index (κ2) is 10.2. The topological polar surface area (TPSA) is 62.1 Å². The lowest BCUT2D eigenvalue weighted by molar-refractivity contribution is -0.112. The fraction of sp³-hybridized carbons (Fsp3) is 0.103. The molecule has 0 unspecified atom stereocenters. The molecular formula is C29H23ClN2O2. The molecule has 168 valence electrons. The number of benzene rings is 4. The maximum absolute atomic E-state index is 13.0. The Balaban J connectivity index is 1.69. The van der Waals surface area contributed by atoms with Crippen molar-refractivity contribution in [1.82, 2.24) is 0 Å². The summed E-state index contributed by atoms with van der Waals surface area (Å²) in [6.07, 6.45) is 1.59. The van der Waals surface area contributed by atoms with Crippen LogP contribution in [0.1, 0.15) is 22.3 Å². The first-order chi connectivity index (χ1) is 16.4. The van der Waals surface area contributed by atoms with Crippen molar-refractivity contribution < 1.29 is 9.53 Å². The smallest absolute Gasteiger partial charge is 0.266 e. The van der Waals surface area contributed by atoms with Crippen LogP contribution in [-0.2, 0) is 11.4 Å². The van der Waals surface area contributed by atoms with Crippen LogP contribution in [0.4, 0.5) is 5.69 Å². The summed E-state index contributed by atoms with van der Waals surface area (Å²) < 4.78 is 6.11. The standard InChI is InChI=1S/C29H23ClN2O2/c1-19-10-12-25(14-20(19)2)32-29(33)23(17-31)16-27-26-9-4-3-7-22(26)11-13-28(27)34-18-21-6-5-8-24(30)15-21/h3-16H,18H2,1-2H3,(H,32,33)/b23-16+. The minimum atomic E-state index is -0.473. The Hall–Kier alpha value is -4.07. The first-order valence-corrected chi connectivity index (χ1v) is 11.2. The van der Waals surface area contributed by atoms with Crippen molar-refractivity contribution in [2.45, 2.75) is 20.5 Å². The minimum Gasteiger partial charge on any atom is -0.488 e. The number of fused-ring (bicyclic) bond motifs is 1. The monoisotopic (exact) mass is 466 g/mol. The number of hydrogen-bond donors (Lipinski definition) is 1. The molecule has 0 aliphatic heterocycles. The maximum Gasteiger partial charge on any atom is 0.266 e. The molecule has 34 heavy (non-hydrogen) atoms. The molecule has 4 nitrogen and oxygen atoms in total. The summed E-state index contributed by atoms with van der Waals surface area (Å²) in [5.41, 5.74) is 4.42. The maximum atomic E-state index is 13.0. The summed E-state index contributed by atoms with van der Waals surface area (Å²) in [6, 6.07) is 26.8. The molecule has 0 radical (unpaired) electrons. The van der Waals surface area contributed by atoms with Crippen molar-refractivity contribution >= 4 is 40.0 Å². The molecule has 0 atom stereocenters. The molecule has 0 bridgehead atoms. The van der Waals surface area contributed by atoms with Gasteiger partial charge in [0, 0.05) is 16.3 Å². The van der Waals surface area contributed by atoms with Gasteiger partial charge < -0.3 is 10.1 Å². The van der Waals surface area contributed by atoms with Crippen LogP contribution >= 0.6 is 11.6 Å². The molecule has 0 fully saturated rings. The second-order valence-corrected chi connectivity index (χ2v) is 8.48. The normalized spacial score (nSPS) is 11.2. The predicted molar refractivity (Wildman–Crippen MR) is 138 cm³/mol. The second-order valence-electron chi connectivity index (χ2n) is 8.04. The van der Waals surface area contributed by atoms with E-state index < -0.39 is 5.91 Å². The molecule has 1 N–H and O–H groups in total. The number of rotatable bonds is 6. The molecule has 0 saturated heterocycles. The van der Waals surface area contributed by atoms with E-state index in [2.05, 4.69) is 5.32 Å². The molecule has 1 amide bonds. The van der Waals surface area contributed by atoms with Gasteiger partial charge in [-0.2, -0.15) is 5.26 Å². The third kappa shape index (κ3) is 5.28. The lowest BCUT2D eigenvalue weighted by Gasteiger charge is -2.13. The Labute approximate surface area is 204 Å². The van der Waals surface area contributed by atoms with Gasteiger partial charge in [0.15, 0.2) is 0 Å². The van der Waals surface area contributed by atoms with Gasteiger partial charge in [0.05, 0.1) is 0 Å². The average Bonchev–Trinajstić information content (AvgIpc) is 2.83. The van der Waals surface area contributed by atoms with E-state index in [4.69, 9.17) is 16.3 Å². The quantitative estimate of drug-likeness (QED) is 0.241. The van der Waals surface area contributed by atoms with Crippen LogP contribution in [0, 0.1) is 25.2 Å². The van der Waals surface area contributed by atoms with E-state index >= 15 is 0 Å². The first kappa shape index (κ1) is 23.1. The number of aryl methyl sites for hydroxylation is 2. The zero-order valence-electron chi connectivity index (χ0n) is 18.9. The summed E-state index contributed by atoms with van der Waals surface area (Å²) in [4.78, 5) is 13.0. The zero-order valence-corrected chi connectivity index (χ0v) is 19.7. The molecule has 0 saturated carbocycles. The number of carbonyl (C=O) groups is 1.